The molecule has 2 aromatic heterocycles. The van der Waals surface area contributed by atoms with E-state index in [-0.39, 0.29) is 21.1 Å². The predicted octanol–water partition coefficient (Wildman–Crippen LogP) is 9.18. The summed E-state index contributed by atoms with van der Waals surface area (Å²) in [6.07, 6.45) is 1.98. The molecule has 5 heteroatoms. The Morgan fingerprint density at radius 2 is 1.35 bits per heavy atom. The maximum atomic E-state index is 9.44. The van der Waals surface area contributed by atoms with Gasteiger partial charge in [0.25, 0.3) is 0 Å². The van der Waals surface area contributed by atoms with Gasteiger partial charge in [-0.1, -0.05) is 52.0 Å². The van der Waals surface area contributed by atoms with E-state index in [1.54, 1.807) is 24.3 Å². The van der Waals surface area contributed by atoms with Crippen LogP contribution in [0.4, 0.5) is 5.69 Å². The minimum Gasteiger partial charge on any atom is -0.300 e. The number of nitriles is 1. The molecule has 2 atom stereocenters. The maximum Gasteiger partial charge on any atom is 2.00 e. The average molecular weight is 706 g/mol. The summed E-state index contributed by atoms with van der Waals surface area (Å²) in [7, 11) is 0. The van der Waals surface area contributed by atoms with Crippen molar-refractivity contribution in [3.05, 3.63) is 112 Å². The summed E-state index contributed by atoms with van der Waals surface area (Å²) in [4.78, 5) is 14.1. The van der Waals surface area contributed by atoms with Gasteiger partial charge in [0.15, 0.2) is 0 Å². The van der Waals surface area contributed by atoms with Gasteiger partial charge in [-0.3, -0.25) is 4.85 Å². The van der Waals surface area contributed by atoms with Gasteiger partial charge in [0.1, 0.15) is 5.69 Å². The van der Waals surface area contributed by atoms with Gasteiger partial charge in [-0.15, -0.1) is 53.6 Å². The molecule has 0 radical (unpaired) electrons. The van der Waals surface area contributed by atoms with Gasteiger partial charge in [-0.2, -0.15) is 11.3 Å². The fourth-order valence-electron chi connectivity index (χ4n) is 4.94. The number of hydrogen-bond acceptors (Lipinski definition) is 3. The Morgan fingerprint density at radius 1 is 0.850 bits per heavy atom. The van der Waals surface area contributed by atoms with E-state index in [1.807, 2.05) is 24.3 Å². The second-order valence-corrected chi connectivity index (χ2v) is 10.7. The van der Waals surface area contributed by atoms with Crippen molar-refractivity contribution in [2.75, 3.05) is 0 Å². The normalized spacial score (nSPS) is 12.5. The van der Waals surface area contributed by atoms with Crippen molar-refractivity contribution in [1.82, 2.24) is 9.97 Å². The van der Waals surface area contributed by atoms with Gasteiger partial charge in [-0.05, 0) is 66.6 Å². The van der Waals surface area contributed by atoms with Gasteiger partial charge in [0, 0.05) is 16.8 Å². The zero-order valence-electron chi connectivity index (χ0n) is 23.9. The molecule has 2 heterocycles. The smallest absolute Gasteiger partial charge is 0.300 e. The van der Waals surface area contributed by atoms with Gasteiger partial charge >= 0.3 is 21.1 Å². The van der Waals surface area contributed by atoms with Crippen molar-refractivity contribution in [3.63, 3.8) is 0 Å². The first-order chi connectivity index (χ1) is 18.7. The monoisotopic (exact) mass is 705 g/mol. The third-order valence-corrected chi connectivity index (χ3v) is 7.72. The Balaban J connectivity index is 0.00000441. The van der Waals surface area contributed by atoms with Crippen LogP contribution in [0, 0.1) is 30.0 Å². The molecule has 0 aliphatic carbocycles. The SMILES string of the molecule is [C-]#[N+]c1cc[c-]c(-c2ccc(C(C)CC)c(C(C)(C)c3nc(-c4[c-]ccc(C#N)c4)ccc3C(C)CC)n2)c1.[Pt+2]. The molecule has 2 aromatic carbocycles. The van der Waals surface area contributed by atoms with Gasteiger partial charge in [0.05, 0.1) is 12.6 Å². The summed E-state index contributed by atoms with van der Waals surface area (Å²) >= 11 is 0. The molecular weight excluding hydrogens is 671 g/mol. The fourth-order valence-corrected chi connectivity index (χ4v) is 4.94. The summed E-state index contributed by atoms with van der Waals surface area (Å²) in [5, 5.41) is 9.44. The molecular formula is C35H34N4Pt. The van der Waals surface area contributed by atoms with Crippen molar-refractivity contribution in [2.45, 2.75) is 71.6 Å². The predicted molar refractivity (Wildman–Crippen MR) is 158 cm³/mol. The molecule has 4 nitrogen and oxygen atoms in total. The van der Waals surface area contributed by atoms with Crippen LogP contribution in [0.15, 0.2) is 60.7 Å². The molecule has 0 aliphatic heterocycles. The standard InChI is InChI=1S/C35H34N4.Pt/c1-8-23(3)29-16-18-31(26-13-10-12-25(20-26)22-36)38-33(29)35(5,6)34-30(24(4)9-2)17-19-32(39-34)27-14-11-15-28(21-27)37-7;/h10-12,15-21,23-24H,8-9H2,1-6H3;/q-2;+2. The van der Waals surface area contributed by atoms with Crippen LogP contribution in [0.2, 0.25) is 0 Å². The zero-order chi connectivity index (χ0) is 28.2. The molecule has 2 unspecified atom stereocenters. The quantitative estimate of drug-likeness (QED) is 0.172. The fraction of sp³-hybridized carbons (Fsp3) is 0.314. The van der Waals surface area contributed by atoms with Crippen molar-refractivity contribution in [1.29, 1.82) is 5.26 Å². The summed E-state index contributed by atoms with van der Waals surface area (Å²) < 4.78 is 0. The molecule has 0 fully saturated rings. The molecule has 4 rings (SSSR count). The van der Waals surface area contributed by atoms with Crippen LogP contribution in [0.3, 0.4) is 0 Å². The minimum atomic E-state index is -0.520. The Kier molecular flexibility index (Phi) is 10.2. The van der Waals surface area contributed by atoms with Gasteiger partial charge in [-0.25, -0.2) is 0 Å². The average Bonchev–Trinajstić information content (AvgIpc) is 2.99. The van der Waals surface area contributed by atoms with Crippen LogP contribution in [-0.4, -0.2) is 9.97 Å². The van der Waals surface area contributed by atoms with Crippen LogP contribution in [-0.2, 0) is 26.5 Å². The van der Waals surface area contributed by atoms with Crippen LogP contribution in [0.25, 0.3) is 27.4 Å². The van der Waals surface area contributed by atoms with Crippen LogP contribution in [0.5, 0.6) is 0 Å². The van der Waals surface area contributed by atoms with E-state index >= 15 is 0 Å². The molecule has 0 aliphatic rings. The van der Waals surface area contributed by atoms with Crippen molar-refractivity contribution in [3.8, 4) is 28.6 Å². The molecule has 0 saturated carbocycles. The van der Waals surface area contributed by atoms with E-state index in [4.69, 9.17) is 16.5 Å². The Morgan fingerprint density at radius 3 is 1.82 bits per heavy atom. The second-order valence-electron chi connectivity index (χ2n) is 10.7. The molecule has 4 aromatic rings. The second kappa shape index (κ2) is 13.2. The summed E-state index contributed by atoms with van der Waals surface area (Å²) in [5.41, 5.74) is 8.21. The molecule has 40 heavy (non-hydrogen) atoms. The van der Waals surface area contributed by atoms with Crippen molar-refractivity contribution >= 4 is 5.69 Å². The molecule has 0 N–H and O–H groups in total. The Labute approximate surface area is 253 Å². The van der Waals surface area contributed by atoms with Crippen LogP contribution >= 0.6 is 0 Å². The minimum absolute atomic E-state index is 0. The largest absolute Gasteiger partial charge is 2.00 e. The number of rotatable bonds is 8. The molecule has 0 spiro atoms. The van der Waals surface area contributed by atoms with E-state index < -0.39 is 5.41 Å². The number of pyridine rings is 2. The third kappa shape index (κ3) is 6.25. The van der Waals surface area contributed by atoms with Gasteiger partial charge < -0.3 is 9.97 Å². The Hall–Kier alpha value is -3.59. The maximum absolute atomic E-state index is 9.44. The van der Waals surface area contributed by atoms with Crippen molar-refractivity contribution in [2.24, 2.45) is 0 Å². The number of aromatic nitrogens is 2. The van der Waals surface area contributed by atoms with Crippen LogP contribution in [0.1, 0.15) is 94.3 Å². The third-order valence-electron chi connectivity index (χ3n) is 7.72. The summed E-state index contributed by atoms with van der Waals surface area (Å²) in [5.74, 6) is 0.629. The Bertz CT molecular complexity index is 1460. The number of hydrogen-bond donors (Lipinski definition) is 0. The molecule has 0 amide bonds. The topological polar surface area (TPSA) is 53.9 Å². The molecule has 204 valence electrons. The van der Waals surface area contributed by atoms with E-state index in [1.165, 1.54) is 11.1 Å². The molecule has 0 bridgehead atoms. The first-order valence-electron chi connectivity index (χ1n) is 13.6. The summed E-state index contributed by atoms with van der Waals surface area (Å²) in [6, 6.07) is 28.0. The van der Waals surface area contributed by atoms with E-state index in [0.717, 1.165) is 46.7 Å². The number of benzene rings is 2. The van der Waals surface area contributed by atoms with E-state index in [2.05, 4.69) is 76.7 Å². The zero-order valence-corrected chi connectivity index (χ0v) is 26.2. The van der Waals surface area contributed by atoms with E-state index in [0.29, 0.717) is 23.1 Å². The van der Waals surface area contributed by atoms with Crippen LogP contribution < -0.4 is 0 Å². The molecule has 0 saturated heterocycles. The first-order valence-corrected chi connectivity index (χ1v) is 13.6. The van der Waals surface area contributed by atoms with E-state index in [9.17, 15) is 5.26 Å². The van der Waals surface area contributed by atoms with Gasteiger partial charge in [0.2, 0.25) is 0 Å². The summed E-state index contributed by atoms with van der Waals surface area (Å²) in [6.45, 7) is 20.7. The first kappa shape index (κ1) is 30.9. The number of nitrogens with zero attached hydrogens (tertiary/aromatic N) is 4. The van der Waals surface area contributed by atoms with Crippen molar-refractivity contribution < 1.29 is 21.1 Å².